The molecular weight excluding hydrogens is 308 g/mol. The standard InChI is InChI=1S/C17H28N4O3/c1-12-6-3-4-8-17(12)15(23)21(16(24)19-17)11-14(22)20-9-5-7-13(10-20)18-2/h12-13,18H,3-11H2,1-2H3,(H,19,24). The number of carbonyl (C=O) groups is 3. The average molecular weight is 336 g/mol. The maximum atomic E-state index is 12.9. The highest BCUT2D eigenvalue weighted by atomic mass is 16.2. The summed E-state index contributed by atoms with van der Waals surface area (Å²) in [5.41, 5.74) is -0.787. The molecular formula is C17H28N4O3. The number of nitrogens with one attached hydrogen (secondary N) is 2. The van der Waals surface area contributed by atoms with Gasteiger partial charge in [0.1, 0.15) is 12.1 Å². The second-order valence-corrected chi connectivity index (χ2v) is 7.41. The van der Waals surface area contributed by atoms with Gasteiger partial charge >= 0.3 is 6.03 Å². The second-order valence-electron chi connectivity index (χ2n) is 7.41. The predicted molar refractivity (Wildman–Crippen MR) is 89.3 cm³/mol. The van der Waals surface area contributed by atoms with E-state index in [-0.39, 0.29) is 30.3 Å². The van der Waals surface area contributed by atoms with Gasteiger partial charge in [-0.3, -0.25) is 14.5 Å². The van der Waals surface area contributed by atoms with Crippen LogP contribution in [0.5, 0.6) is 0 Å². The van der Waals surface area contributed by atoms with Crippen LogP contribution in [-0.4, -0.2) is 65.9 Å². The first-order valence-corrected chi connectivity index (χ1v) is 9.07. The molecule has 7 nitrogen and oxygen atoms in total. The highest BCUT2D eigenvalue weighted by Crippen LogP contribution is 2.38. The van der Waals surface area contributed by atoms with E-state index in [4.69, 9.17) is 0 Å². The number of imide groups is 1. The van der Waals surface area contributed by atoms with E-state index in [0.29, 0.717) is 19.5 Å². The van der Waals surface area contributed by atoms with Gasteiger partial charge in [-0.2, -0.15) is 0 Å². The summed E-state index contributed by atoms with van der Waals surface area (Å²) in [5, 5.41) is 6.10. The van der Waals surface area contributed by atoms with Crippen molar-refractivity contribution in [1.29, 1.82) is 0 Å². The summed E-state index contributed by atoms with van der Waals surface area (Å²) < 4.78 is 0. The number of piperidine rings is 1. The molecule has 3 aliphatic rings. The maximum absolute atomic E-state index is 12.9. The SMILES string of the molecule is CNC1CCCN(C(=O)CN2C(=O)NC3(CCCCC3C)C2=O)C1. The Kier molecular flexibility index (Phi) is 4.80. The zero-order chi connectivity index (χ0) is 17.3. The molecule has 2 aliphatic heterocycles. The molecule has 1 spiro atoms. The van der Waals surface area contributed by atoms with Gasteiger partial charge in [0.2, 0.25) is 5.91 Å². The average Bonchev–Trinajstić information content (AvgIpc) is 2.82. The highest BCUT2D eigenvalue weighted by Gasteiger charge is 2.55. The van der Waals surface area contributed by atoms with Gasteiger partial charge in [-0.1, -0.05) is 19.8 Å². The molecule has 0 radical (unpaired) electrons. The van der Waals surface area contributed by atoms with Gasteiger partial charge in [0.15, 0.2) is 0 Å². The minimum absolute atomic E-state index is 0.117. The number of rotatable bonds is 3. The largest absolute Gasteiger partial charge is 0.340 e. The minimum atomic E-state index is -0.787. The lowest BCUT2D eigenvalue weighted by molar-refractivity contribution is -0.141. The van der Waals surface area contributed by atoms with Crippen molar-refractivity contribution in [2.24, 2.45) is 5.92 Å². The van der Waals surface area contributed by atoms with Crippen LogP contribution >= 0.6 is 0 Å². The number of nitrogens with zero attached hydrogens (tertiary/aromatic N) is 2. The molecule has 2 saturated heterocycles. The van der Waals surface area contributed by atoms with Crippen LogP contribution in [0.3, 0.4) is 0 Å². The monoisotopic (exact) mass is 336 g/mol. The third-order valence-electron chi connectivity index (χ3n) is 5.98. The minimum Gasteiger partial charge on any atom is -0.340 e. The van der Waals surface area contributed by atoms with Crippen LogP contribution in [0.1, 0.15) is 45.4 Å². The van der Waals surface area contributed by atoms with E-state index in [0.717, 1.165) is 37.0 Å². The molecule has 4 amide bonds. The van der Waals surface area contributed by atoms with Crippen LogP contribution in [0, 0.1) is 5.92 Å². The molecule has 0 aromatic rings. The molecule has 3 rings (SSSR count). The van der Waals surface area contributed by atoms with Crippen LogP contribution in [-0.2, 0) is 9.59 Å². The molecule has 3 unspecified atom stereocenters. The predicted octanol–water partition coefficient (Wildman–Crippen LogP) is 0.698. The van der Waals surface area contributed by atoms with E-state index in [2.05, 4.69) is 10.6 Å². The van der Waals surface area contributed by atoms with Crippen molar-refractivity contribution in [3.8, 4) is 0 Å². The van der Waals surface area contributed by atoms with E-state index >= 15 is 0 Å². The number of hydrogen-bond donors (Lipinski definition) is 2. The van der Waals surface area contributed by atoms with Gasteiger partial charge in [-0.25, -0.2) is 4.79 Å². The van der Waals surface area contributed by atoms with Gasteiger partial charge < -0.3 is 15.5 Å². The Labute approximate surface area is 143 Å². The number of likely N-dealkylation sites (tertiary alicyclic amines) is 1. The van der Waals surface area contributed by atoms with Gasteiger partial charge in [-0.05, 0) is 38.6 Å². The van der Waals surface area contributed by atoms with Gasteiger partial charge in [-0.15, -0.1) is 0 Å². The molecule has 24 heavy (non-hydrogen) atoms. The summed E-state index contributed by atoms with van der Waals surface area (Å²) in [5.74, 6) is -0.236. The Bertz CT molecular complexity index is 538. The Hall–Kier alpha value is -1.63. The van der Waals surface area contributed by atoms with Gasteiger partial charge in [0.25, 0.3) is 5.91 Å². The van der Waals surface area contributed by atoms with Crippen molar-refractivity contribution in [1.82, 2.24) is 20.4 Å². The van der Waals surface area contributed by atoms with Crippen molar-refractivity contribution in [2.75, 3.05) is 26.7 Å². The summed E-state index contributed by atoms with van der Waals surface area (Å²) in [7, 11) is 1.89. The van der Waals surface area contributed by atoms with Crippen LogP contribution in [0.4, 0.5) is 4.79 Å². The molecule has 3 atom stereocenters. The third kappa shape index (κ3) is 2.90. The van der Waals surface area contributed by atoms with Gasteiger partial charge in [0.05, 0.1) is 0 Å². The summed E-state index contributed by atoms with van der Waals surface area (Å²) >= 11 is 0. The molecule has 7 heteroatoms. The zero-order valence-electron chi connectivity index (χ0n) is 14.6. The summed E-state index contributed by atoms with van der Waals surface area (Å²) in [6, 6.07) is -0.125. The lowest BCUT2D eigenvalue weighted by Gasteiger charge is -2.37. The van der Waals surface area contributed by atoms with E-state index in [1.165, 1.54) is 0 Å². The summed E-state index contributed by atoms with van der Waals surface area (Å²) in [4.78, 5) is 40.7. The first-order valence-electron chi connectivity index (χ1n) is 9.07. The molecule has 0 bridgehead atoms. The fraction of sp³-hybridized carbons (Fsp3) is 0.824. The number of carbonyl (C=O) groups excluding carboxylic acids is 3. The molecule has 2 N–H and O–H groups in total. The quantitative estimate of drug-likeness (QED) is 0.743. The molecule has 0 aromatic heterocycles. The Morgan fingerprint density at radius 2 is 2.08 bits per heavy atom. The Morgan fingerprint density at radius 3 is 2.79 bits per heavy atom. The van der Waals surface area contributed by atoms with Crippen LogP contribution in [0.25, 0.3) is 0 Å². The highest BCUT2D eigenvalue weighted by molar-refractivity contribution is 6.09. The first-order chi connectivity index (χ1) is 11.5. The lowest BCUT2D eigenvalue weighted by Crippen LogP contribution is -2.54. The van der Waals surface area contributed by atoms with E-state index in [1.807, 2.05) is 14.0 Å². The number of hydrogen-bond acceptors (Lipinski definition) is 4. The van der Waals surface area contributed by atoms with E-state index < -0.39 is 11.6 Å². The van der Waals surface area contributed by atoms with Crippen molar-refractivity contribution in [2.45, 2.75) is 57.0 Å². The van der Waals surface area contributed by atoms with Crippen LogP contribution < -0.4 is 10.6 Å². The fourth-order valence-electron chi connectivity index (χ4n) is 4.31. The third-order valence-corrected chi connectivity index (χ3v) is 5.98. The molecule has 2 heterocycles. The van der Waals surface area contributed by atoms with E-state index in [9.17, 15) is 14.4 Å². The second kappa shape index (κ2) is 6.70. The lowest BCUT2D eigenvalue weighted by atomic mass is 9.73. The Balaban J connectivity index is 1.67. The first kappa shape index (κ1) is 17.2. The number of urea groups is 1. The fourth-order valence-corrected chi connectivity index (χ4v) is 4.31. The molecule has 0 aromatic carbocycles. The normalized spacial score (nSPS) is 33.9. The summed E-state index contributed by atoms with van der Waals surface area (Å²) in [6.45, 7) is 3.21. The maximum Gasteiger partial charge on any atom is 0.325 e. The van der Waals surface area contributed by atoms with Crippen LogP contribution in [0.2, 0.25) is 0 Å². The molecule has 1 saturated carbocycles. The van der Waals surface area contributed by atoms with Crippen molar-refractivity contribution in [3.05, 3.63) is 0 Å². The van der Waals surface area contributed by atoms with Crippen LogP contribution in [0.15, 0.2) is 0 Å². The molecule has 134 valence electrons. The van der Waals surface area contributed by atoms with Gasteiger partial charge in [0, 0.05) is 19.1 Å². The summed E-state index contributed by atoms with van der Waals surface area (Å²) in [6.07, 6.45) is 5.62. The van der Waals surface area contributed by atoms with Crippen molar-refractivity contribution < 1.29 is 14.4 Å². The van der Waals surface area contributed by atoms with Crippen molar-refractivity contribution in [3.63, 3.8) is 0 Å². The molecule has 1 aliphatic carbocycles. The smallest absolute Gasteiger partial charge is 0.325 e. The zero-order valence-corrected chi connectivity index (χ0v) is 14.6. The number of amides is 4. The topological polar surface area (TPSA) is 81.8 Å². The van der Waals surface area contributed by atoms with Crippen molar-refractivity contribution >= 4 is 17.8 Å². The van der Waals surface area contributed by atoms with E-state index in [1.54, 1.807) is 4.90 Å². The number of likely N-dealkylation sites (N-methyl/N-ethyl adjacent to an activating group) is 1. The molecule has 3 fully saturated rings. The Morgan fingerprint density at radius 1 is 1.29 bits per heavy atom.